The average Bonchev–Trinajstić information content (AvgIpc) is 2.06. The normalized spacial score (nSPS) is 8.92. The topological polar surface area (TPSA) is 20.3 Å². The minimum absolute atomic E-state index is 0.213. The first-order valence-electron chi connectivity index (χ1n) is 4.27. The number of carbonyl (C=O) groups excluding carboxylic acids is 1. The molecule has 0 fully saturated rings. The summed E-state index contributed by atoms with van der Waals surface area (Å²) in [5, 5.41) is 0. The van der Waals surface area contributed by atoms with Crippen molar-refractivity contribution in [2.24, 2.45) is 0 Å². The van der Waals surface area contributed by atoms with E-state index in [0.29, 0.717) is 6.54 Å². The lowest BCUT2D eigenvalue weighted by Crippen LogP contribution is -2.18. The van der Waals surface area contributed by atoms with E-state index in [1.54, 1.807) is 6.92 Å². The Labute approximate surface area is 80.2 Å². The highest BCUT2D eigenvalue weighted by Gasteiger charge is 1.91. The molecule has 0 atom stereocenters. The molecule has 2 nitrogen and oxygen atoms in total. The number of rotatable bonds is 2. The Morgan fingerprint density at radius 3 is 1.38 bits per heavy atom. The van der Waals surface area contributed by atoms with E-state index in [-0.39, 0.29) is 5.78 Å². The maximum atomic E-state index is 10.2. The smallest absolute Gasteiger partial charge is 0.143 e. The van der Waals surface area contributed by atoms with Crippen LogP contribution in [0.1, 0.15) is 6.92 Å². The molecule has 0 spiro atoms. The molecule has 0 aromatic heterocycles. The quantitative estimate of drug-likeness (QED) is 0.690. The molecule has 0 saturated carbocycles. The van der Waals surface area contributed by atoms with Crippen molar-refractivity contribution < 1.29 is 4.79 Å². The van der Waals surface area contributed by atoms with Crippen LogP contribution in [0.2, 0.25) is 0 Å². The minimum atomic E-state index is 0.213. The van der Waals surface area contributed by atoms with E-state index in [2.05, 4.69) is 0 Å². The van der Waals surface area contributed by atoms with Crippen LogP contribution in [0.3, 0.4) is 0 Å². The number of Topliss-reactive ketones (excluding diaryl/α,β-unsaturated/α-hetero) is 1. The molecule has 1 aromatic carbocycles. The van der Waals surface area contributed by atoms with Gasteiger partial charge in [-0.2, -0.15) is 0 Å². The van der Waals surface area contributed by atoms with Crippen LogP contribution in [0.4, 0.5) is 0 Å². The number of nitrogens with zero attached hydrogens (tertiary/aromatic N) is 1. The summed E-state index contributed by atoms with van der Waals surface area (Å²) in [6, 6.07) is 12.0. The van der Waals surface area contributed by atoms with E-state index in [1.807, 2.05) is 55.4 Å². The van der Waals surface area contributed by atoms with E-state index < -0.39 is 0 Å². The molecule has 1 rings (SSSR count). The fraction of sp³-hybridized carbons (Fsp3) is 0.364. The fourth-order valence-electron chi connectivity index (χ4n) is 0.830. The average molecular weight is 179 g/mol. The van der Waals surface area contributed by atoms with E-state index in [9.17, 15) is 4.79 Å². The van der Waals surface area contributed by atoms with E-state index in [0.717, 1.165) is 0 Å². The highest BCUT2D eigenvalue weighted by atomic mass is 16.1. The molecule has 0 aliphatic rings. The summed E-state index contributed by atoms with van der Waals surface area (Å²) in [5.41, 5.74) is 0. The third kappa shape index (κ3) is 10.8. The lowest BCUT2D eigenvalue weighted by Gasteiger charge is -2.03. The molecule has 2 heteroatoms. The minimum Gasteiger partial charge on any atom is -0.302 e. The maximum absolute atomic E-state index is 10.2. The second kappa shape index (κ2) is 7.50. The molecule has 0 N–H and O–H groups in total. The van der Waals surface area contributed by atoms with Crippen LogP contribution in [-0.2, 0) is 4.79 Å². The molecule has 0 aliphatic carbocycles. The zero-order valence-corrected chi connectivity index (χ0v) is 8.53. The molecular formula is C11H17NO. The van der Waals surface area contributed by atoms with Crippen molar-refractivity contribution in [3.63, 3.8) is 0 Å². The Bertz CT molecular complexity index is 192. The predicted molar refractivity (Wildman–Crippen MR) is 55.7 cm³/mol. The van der Waals surface area contributed by atoms with Gasteiger partial charge in [-0.3, -0.25) is 4.79 Å². The first-order valence-corrected chi connectivity index (χ1v) is 4.27. The van der Waals surface area contributed by atoms with Gasteiger partial charge in [0.2, 0.25) is 0 Å². The SMILES string of the molecule is CC(=O)CN(C)C.c1ccccc1. The Hall–Kier alpha value is -1.15. The third-order valence-corrected chi connectivity index (χ3v) is 1.21. The summed E-state index contributed by atoms with van der Waals surface area (Å²) >= 11 is 0. The van der Waals surface area contributed by atoms with Gasteiger partial charge in [-0.05, 0) is 21.0 Å². The van der Waals surface area contributed by atoms with Crippen LogP contribution in [0.5, 0.6) is 0 Å². The molecule has 13 heavy (non-hydrogen) atoms. The van der Waals surface area contributed by atoms with Gasteiger partial charge in [0.15, 0.2) is 0 Å². The third-order valence-electron chi connectivity index (χ3n) is 1.21. The van der Waals surface area contributed by atoms with Crippen LogP contribution in [0.25, 0.3) is 0 Å². The Balaban J connectivity index is 0.000000223. The molecular weight excluding hydrogens is 162 g/mol. The van der Waals surface area contributed by atoms with Gasteiger partial charge in [0, 0.05) is 0 Å². The van der Waals surface area contributed by atoms with E-state index >= 15 is 0 Å². The van der Waals surface area contributed by atoms with Crippen LogP contribution in [-0.4, -0.2) is 31.3 Å². The zero-order chi connectivity index (χ0) is 10.1. The van der Waals surface area contributed by atoms with Gasteiger partial charge in [0.05, 0.1) is 6.54 Å². The van der Waals surface area contributed by atoms with Crippen LogP contribution >= 0.6 is 0 Å². The summed E-state index contributed by atoms with van der Waals surface area (Å²) < 4.78 is 0. The van der Waals surface area contributed by atoms with Crippen molar-refractivity contribution in [2.45, 2.75) is 6.92 Å². The molecule has 0 bridgehead atoms. The Kier molecular flexibility index (Phi) is 6.83. The summed E-state index contributed by atoms with van der Waals surface area (Å²) in [5.74, 6) is 0.213. The van der Waals surface area contributed by atoms with Crippen LogP contribution in [0, 0.1) is 0 Å². The number of carbonyl (C=O) groups is 1. The maximum Gasteiger partial charge on any atom is 0.143 e. The fourth-order valence-corrected chi connectivity index (χ4v) is 0.830. The Morgan fingerprint density at radius 2 is 1.31 bits per heavy atom. The summed E-state index contributed by atoms with van der Waals surface area (Å²) in [6.07, 6.45) is 0. The number of hydrogen-bond donors (Lipinski definition) is 0. The van der Waals surface area contributed by atoms with Gasteiger partial charge < -0.3 is 4.90 Å². The van der Waals surface area contributed by atoms with Gasteiger partial charge in [0.1, 0.15) is 5.78 Å². The largest absolute Gasteiger partial charge is 0.302 e. The molecule has 0 aliphatic heterocycles. The van der Waals surface area contributed by atoms with Gasteiger partial charge in [-0.1, -0.05) is 36.4 Å². The molecule has 0 saturated heterocycles. The summed E-state index contributed by atoms with van der Waals surface area (Å²) in [7, 11) is 3.75. The number of likely N-dealkylation sites (N-methyl/N-ethyl adjacent to an activating group) is 1. The predicted octanol–water partition coefficient (Wildman–Crippen LogP) is 1.82. The van der Waals surface area contributed by atoms with E-state index in [4.69, 9.17) is 0 Å². The highest BCUT2D eigenvalue weighted by molar-refractivity contribution is 5.77. The molecule has 1 aromatic rings. The second-order valence-electron chi connectivity index (χ2n) is 3.09. The standard InChI is InChI=1S/C6H6.C5H11NO/c1-2-4-6-5-3-1;1-5(7)4-6(2)3/h1-6H;4H2,1-3H3. The second-order valence-corrected chi connectivity index (χ2v) is 3.09. The molecule has 0 heterocycles. The van der Waals surface area contributed by atoms with Gasteiger partial charge >= 0.3 is 0 Å². The van der Waals surface area contributed by atoms with Crippen molar-refractivity contribution in [2.75, 3.05) is 20.6 Å². The van der Waals surface area contributed by atoms with Crippen molar-refractivity contribution in [3.05, 3.63) is 36.4 Å². The van der Waals surface area contributed by atoms with Gasteiger partial charge in [-0.15, -0.1) is 0 Å². The van der Waals surface area contributed by atoms with E-state index in [1.165, 1.54) is 0 Å². The number of benzene rings is 1. The van der Waals surface area contributed by atoms with Gasteiger partial charge in [0.25, 0.3) is 0 Å². The monoisotopic (exact) mass is 179 g/mol. The van der Waals surface area contributed by atoms with Crippen molar-refractivity contribution >= 4 is 5.78 Å². The van der Waals surface area contributed by atoms with Gasteiger partial charge in [-0.25, -0.2) is 0 Å². The summed E-state index contributed by atoms with van der Waals surface area (Å²) in [4.78, 5) is 12.1. The van der Waals surface area contributed by atoms with Crippen molar-refractivity contribution in [1.82, 2.24) is 4.90 Å². The number of ketones is 1. The van der Waals surface area contributed by atoms with Crippen molar-refractivity contribution in [3.8, 4) is 0 Å². The lowest BCUT2D eigenvalue weighted by atomic mass is 10.4. The van der Waals surface area contributed by atoms with Crippen LogP contribution in [0.15, 0.2) is 36.4 Å². The molecule has 72 valence electrons. The lowest BCUT2D eigenvalue weighted by molar-refractivity contribution is -0.117. The number of hydrogen-bond acceptors (Lipinski definition) is 2. The first kappa shape index (κ1) is 11.8. The summed E-state index contributed by atoms with van der Waals surface area (Å²) in [6.45, 7) is 2.14. The van der Waals surface area contributed by atoms with Crippen molar-refractivity contribution in [1.29, 1.82) is 0 Å². The molecule has 0 amide bonds. The first-order chi connectivity index (χ1) is 6.13. The highest BCUT2D eigenvalue weighted by Crippen LogP contribution is 1.79. The Morgan fingerprint density at radius 1 is 1.00 bits per heavy atom. The molecule has 0 unspecified atom stereocenters. The zero-order valence-electron chi connectivity index (χ0n) is 8.53. The van der Waals surface area contributed by atoms with Crippen LogP contribution < -0.4 is 0 Å². The molecule has 0 radical (unpaired) electrons.